The fraction of sp³-hybridized carbons (Fsp3) is 0.625. The second-order valence-electron chi connectivity index (χ2n) is 11.3. The van der Waals surface area contributed by atoms with Crippen molar-refractivity contribution in [3.05, 3.63) is 65.3 Å². The van der Waals surface area contributed by atoms with Crippen molar-refractivity contribution in [2.24, 2.45) is 23.2 Å². The largest absolute Gasteiger partial charge is 0.388 e. The lowest BCUT2D eigenvalue weighted by Crippen LogP contribution is -2.41. The summed E-state index contributed by atoms with van der Waals surface area (Å²) >= 11 is 2.02. The molecule has 2 saturated carbocycles. The molecular formula is C32H48OS. The first-order valence-electron chi connectivity index (χ1n) is 13.7. The SMILES string of the molecule is C=C1/C(=C\C=C2/CCCC(C)(C(CCC)[C@H](C)CCSc3ccc(C)cc3)C2C)CCC[C@@H]1O. The Bertz CT molecular complexity index is 864. The number of allylic oxidation sites excluding steroid dienone is 3. The van der Waals surface area contributed by atoms with Crippen molar-refractivity contribution in [2.45, 2.75) is 103 Å². The highest BCUT2D eigenvalue weighted by molar-refractivity contribution is 7.99. The smallest absolute Gasteiger partial charge is 0.0787 e. The summed E-state index contributed by atoms with van der Waals surface area (Å²) in [5.41, 5.74) is 5.51. The van der Waals surface area contributed by atoms with Crippen molar-refractivity contribution in [1.29, 1.82) is 0 Å². The summed E-state index contributed by atoms with van der Waals surface area (Å²) in [4.78, 5) is 1.40. The Balaban J connectivity index is 1.70. The van der Waals surface area contributed by atoms with Crippen LogP contribution in [0.2, 0.25) is 0 Å². The molecule has 0 aromatic heterocycles. The van der Waals surface area contributed by atoms with Crippen LogP contribution in [0.15, 0.2) is 64.6 Å². The van der Waals surface area contributed by atoms with Crippen molar-refractivity contribution in [2.75, 3.05) is 5.75 Å². The predicted molar refractivity (Wildman–Crippen MR) is 150 cm³/mol. The molecule has 0 saturated heterocycles. The molecule has 1 aromatic carbocycles. The van der Waals surface area contributed by atoms with Crippen molar-refractivity contribution >= 4 is 11.8 Å². The van der Waals surface area contributed by atoms with Crippen LogP contribution in [0.5, 0.6) is 0 Å². The number of rotatable bonds is 9. The van der Waals surface area contributed by atoms with E-state index in [1.807, 2.05) is 11.8 Å². The summed E-state index contributed by atoms with van der Waals surface area (Å²) in [6.07, 6.45) is 15.1. The quantitative estimate of drug-likeness (QED) is 0.355. The first-order chi connectivity index (χ1) is 16.3. The van der Waals surface area contributed by atoms with Gasteiger partial charge in [-0.3, -0.25) is 0 Å². The standard InChI is InChI=1S/C32H48OS/c1-7-10-30(24(3)20-22-34-29-18-14-23(2)15-19-29)32(6)21-9-12-28(26(32)5)17-16-27-11-8-13-31(33)25(27)4/h14-19,24,26,30-31,33H,4,7-13,20-22H2,1-3,5-6H3/b27-16-,28-17+/t24-,26?,30?,31+,32?/m1/s1. The van der Waals surface area contributed by atoms with Crippen LogP contribution in [-0.4, -0.2) is 17.0 Å². The Labute approximate surface area is 214 Å². The summed E-state index contributed by atoms with van der Waals surface area (Å²) in [6, 6.07) is 8.99. The lowest BCUT2D eigenvalue weighted by Gasteiger charge is -2.49. The van der Waals surface area contributed by atoms with Crippen molar-refractivity contribution in [1.82, 2.24) is 0 Å². The third-order valence-electron chi connectivity index (χ3n) is 8.96. The molecular weight excluding hydrogens is 432 g/mol. The topological polar surface area (TPSA) is 20.2 Å². The first kappa shape index (κ1) is 27.3. The van der Waals surface area contributed by atoms with Gasteiger partial charge in [-0.2, -0.15) is 0 Å². The highest BCUT2D eigenvalue weighted by atomic mass is 32.2. The molecule has 3 unspecified atom stereocenters. The number of benzene rings is 1. The summed E-state index contributed by atoms with van der Waals surface area (Å²) in [5, 5.41) is 10.2. The van der Waals surface area contributed by atoms with Crippen LogP contribution in [0.1, 0.15) is 91.0 Å². The maximum Gasteiger partial charge on any atom is 0.0787 e. The third kappa shape index (κ3) is 6.70. The average molecular weight is 481 g/mol. The molecule has 0 heterocycles. The van der Waals surface area contributed by atoms with Gasteiger partial charge in [-0.1, -0.05) is 76.1 Å². The van der Waals surface area contributed by atoms with Crippen molar-refractivity contribution in [3.63, 3.8) is 0 Å². The highest BCUT2D eigenvalue weighted by Crippen LogP contribution is 2.53. The Morgan fingerprint density at radius 1 is 1.15 bits per heavy atom. The van der Waals surface area contributed by atoms with Gasteiger partial charge in [0.05, 0.1) is 6.10 Å². The molecule has 1 N–H and O–H groups in total. The van der Waals surface area contributed by atoms with E-state index in [-0.39, 0.29) is 6.10 Å². The normalized spacial score (nSPS) is 30.0. The minimum Gasteiger partial charge on any atom is -0.388 e. The van der Waals surface area contributed by atoms with E-state index in [1.54, 1.807) is 5.57 Å². The van der Waals surface area contributed by atoms with E-state index in [0.717, 1.165) is 36.7 Å². The van der Waals surface area contributed by atoms with E-state index in [4.69, 9.17) is 0 Å². The molecule has 1 aromatic rings. The zero-order chi connectivity index (χ0) is 24.7. The fourth-order valence-corrected chi connectivity index (χ4v) is 7.52. The molecule has 1 nitrogen and oxygen atoms in total. The van der Waals surface area contributed by atoms with Gasteiger partial charge in [0.2, 0.25) is 0 Å². The van der Waals surface area contributed by atoms with Gasteiger partial charge < -0.3 is 5.11 Å². The Hall–Kier alpha value is -1.25. The van der Waals surface area contributed by atoms with E-state index in [9.17, 15) is 5.11 Å². The van der Waals surface area contributed by atoms with Gasteiger partial charge in [-0.15, -0.1) is 11.8 Å². The van der Waals surface area contributed by atoms with Crippen LogP contribution in [0, 0.1) is 30.1 Å². The molecule has 188 valence electrons. The zero-order valence-corrected chi connectivity index (χ0v) is 23.2. The van der Waals surface area contributed by atoms with Gasteiger partial charge in [-0.25, -0.2) is 0 Å². The number of hydrogen-bond donors (Lipinski definition) is 1. The zero-order valence-electron chi connectivity index (χ0n) is 22.4. The number of hydrogen-bond acceptors (Lipinski definition) is 2. The van der Waals surface area contributed by atoms with E-state index >= 15 is 0 Å². The van der Waals surface area contributed by atoms with Gasteiger partial charge in [0.1, 0.15) is 0 Å². The number of aliphatic hydroxyl groups excluding tert-OH is 1. The Morgan fingerprint density at radius 2 is 1.88 bits per heavy atom. The van der Waals surface area contributed by atoms with Crippen LogP contribution >= 0.6 is 11.8 Å². The monoisotopic (exact) mass is 480 g/mol. The molecule has 2 aliphatic rings. The molecule has 5 atom stereocenters. The van der Waals surface area contributed by atoms with Crippen molar-refractivity contribution in [3.8, 4) is 0 Å². The molecule has 2 aliphatic carbocycles. The summed E-state index contributed by atoms with van der Waals surface area (Å²) < 4.78 is 0. The Morgan fingerprint density at radius 3 is 2.59 bits per heavy atom. The number of aryl methyl sites for hydroxylation is 1. The summed E-state index contributed by atoms with van der Waals surface area (Å²) in [7, 11) is 0. The van der Waals surface area contributed by atoms with Crippen LogP contribution < -0.4 is 0 Å². The average Bonchev–Trinajstić information content (AvgIpc) is 2.82. The van der Waals surface area contributed by atoms with Crippen LogP contribution in [0.4, 0.5) is 0 Å². The lowest BCUT2D eigenvalue weighted by atomic mass is 9.56. The predicted octanol–water partition coefficient (Wildman–Crippen LogP) is 9.31. The molecule has 0 aliphatic heterocycles. The van der Waals surface area contributed by atoms with Crippen LogP contribution in [-0.2, 0) is 0 Å². The second-order valence-corrected chi connectivity index (χ2v) is 12.4. The number of thioether (sulfide) groups is 1. The molecule has 34 heavy (non-hydrogen) atoms. The van der Waals surface area contributed by atoms with Gasteiger partial charge >= 0.3 is 0 Å². The molecule has 2 fully saturated rings. The number of aliphatic hydroxyl groups is 1. The van der Waals surface area contributed by atoms with E-state index in [0.29, 0.717) is 11.3 Å². The fourth-order valence-electron chi connectivity index (χ4n) is 6.47. The minimum atomic E-state index is -0.347. The maximum absolute atomic E-state index is 10.2. The van der Waals surface area contributed by atoms with Crippen LogP contribution in [0.25, 0.3) is 0 Å². The molecule has 0 radical (unpaired) electrons. The molecule has 3 rings (SSSR count). The molecule has 0 amide bonds. The van der Waals surface area contributed by atoms with E-state index < -0.39 is 0 Å². The highest BCUT2D eigenvalue weighted by Gasteiger charge is 2.43. The first-order valence-corrected chi connectivity index (χ1v) is 14.7. The van der Waals surface area contributed by atoms with Gasteiger partial charge in [0.25, 0.3) is 0 Å². The van der Waals surface area contributed by atoms with E-state index in [1.165, 1.54) is 60.3 Å². The maximum atomic E-state index is 10.2. The van der Waals surface area contributed by atoms with Crippen molar-refractivity contribution < 1.29 is 5.11 Å². The van der Waals surface area contributed by atoms with Crippen LogP contribution in [0.3, 0.4) is 0 Å². The van der Waals surface area contributed by atoms with Gasteiger partial charge in [-0.05, 0) is 110 Å². The molecule has 0 bridgehead atoms. The Kier molecular flexibility index (Phi) is 10.2. The minimum absolute atomic E-state index is 0.347. The molecule has 0 spiro atoms. The molecule has 2 heteroatoms. The second kappa shape index (κ2) is 12.6. The third-order valence-corrected chi connectivity index (χ3v) is 10.0. The summed E-state index contributed by atoms with van der Waals surface area (Å²) in [5.74, 6) is 3.29. The lowest BCUT2D eigenvalue weighted by molar-refractivity contribution is 0.0421. The van der Waals surface area contributed by atoms with Gasteiger partial charge in [0, 0.05) is 4.90 Å². The van der Waals surface area contributed by atoms with Gasteiger partial charge in [0.15, 0.2) is 0 Å². The summed E-state index contributed by atoms with van der Waals surface area (Å²) in [6.45, 7) is 16.3. The van der Waals surface area contributed by atoms with E-state index in [2.05, 4.69) is 77.6 Å².